The van der Waals surface area contributed by atoms with Crippen molar-refractivity contribution in [3.8, 4) is 0 Å². The van der Waals surface area contributed by atoms with Crippen molar-refractivity contribution in [2.24, 2.45) is 5.10 Å². The Balaban J connectivity index is 2.18. The van der Waals surface area contributed by atoms with Gasteiger partial charge in [0, 0.05) is 0 Å². The molecule has 0 saturated carbocycles. The van der Waals surface area contributed by atoms with Gasteiger partial charge in [0.2, 0.25) is 5.91 Å². The molecule has 1 aromatic carbocycles. The van der Waals surface area contributed by atoms with Gasteiger partial charge >= 0.3 is 12.1 Å². The first-order chi connectivity index (χ1) is 9.27. The predicted octanol–water partition coefficient (Wildman–Crippen LogP) is 2.04. The molecule has 8 heteroatoms. The summed E-state index contributed by atoms with van der Waals surface area (Å²) >= 11 is 0. The number of hydrazone groups is 1. The molecule has 20 heavy (non-hydrogen) atoms. The van der Waals surface area contributed by atoms with Gasteiger partial charge in [0.05, 0.1) is 18.5 Å². The molecular weight excluding hydrogens is 277 g/mol. The van der Waals surface area contributed by atoms with E-state index in [2.05, 4.69) is 5.10 Å². The van der Waals surface area contributed by atoms with Gasteiger partial charge in [-0.2, -0.15) is 18.3 Å². The van der Waals surface area contributed by atoms with Gasteiger partial charge in [-0.3, -0.25) is 4.79 Å². The fourth-order valence-corrected chi connectivity index (χ4v) is 1.73. The molecule has 0 unspecified atom stereocenters. The van der Waals surface area contributed by atoms with E-state index < -0.39 is 30.2 Å². The second-order valence-corrected chi connectivity index (χ2v) is 4.18. The molecule has 0 atom stereocenters. The Labute approximate surface area is 111 Å². The van der Waals surface area contributed by atoms with E-state index in [4.69, 9.17) is 5.11 Å². The van der Waals surface area contributed by atoms with Gasteiger partial charge in [-0.05, 0) is 17.7 Å². The molecule has 106 valence electrons. The fourth-order valence-electron chi connectivity index (χ4n) is 1.73. The van der Waals surface area contributed by atoms with Crippen molar-refractivity contribution in [1.29, 1.82) is 0 Å². The Kier molecular flexibility index (Phi) is 3.47. The smallest absolute Gasteiger partial charge is 0.431 e. The molecule has 0 fully saturated rings. The Bertz CT molecular complexity index is 596. The molecule has 0 bridgehead atoms. The number of carboxylic acids is 1. The third-order valence-corrected chi connectivity index (χ3v) is 2.68. The maximum absolute atomic E-state index is 12.4. The molecule has 2 rings (SSSR count). The molecule has 5 nitrogen and oxygen atoms in total. The first-order valence-corrected chi connectivity index (χ1v) is 5.54. The van der Waals surface area contributed by atoms with Gasteiger partial charge in [0.25, 0.3) is 0 Å². The zero-order valence-electron chi connectivity index (χ0n) is 10.0. The van der Waals surface area contributed by atoms with Crippen LogP contribution >= 0.6 is 0 Å². The lowest BCUT2D eigenvalue weighted by atomic mass is 10.1. The van der Waals surface area contributed by atoms with Crippen molar-refractivity contribution in [3.63, 3.8) is 0 Å². The van der Waals surface area contributed by atoms with E-state index in [9.17, 15) is 22.8 Å². The maximum Gasteiger partial charge on any atom is 0.431 e. The van der Waals surface area contributed by atoms with Crippen molar-refractivity contribution in [3.05, 3.63) is 35.4 Å². The number of aromatic carboxylic acids is 1. The Morgan fingerprint density at radius 2 is 2.10 bits per heavy atom. The highest BCUT2D eigenvalue weighted by molar-refractivity contribution is 6.07. The van der Waals surface area contributed by atoms with Crippen LogP contribution in [0.3, 0.4) is 0 Å². The Hall–Kier alpha value is -2.38. The standard InChI is InChI=1S/C12H9F3N2O3/c13-12(14,15)9-5-10(18)17(16-9)6-7-2-1-3-8(4-7)11(19)20/h1-4H,5-6H2,(H,19,20). The summed E-state index contributed by atoms with van der Waals surface area (Å²) in [7, 11) is 0. The highest BCUT2D eigenvalue weighted by Gasteiger charge is 2.42. The number of benzene rings is 1. The lowest BCUT2D eigenvalue weighted by molar-refractivity contribution is -0.129. The molecule has 1 N–H and O–H groups in total. The number of halogens is 3. The van der Waals surface area contributed by atoms with Crippen molar-refractivity contribution < 1.29 is 27.9 Å². The van der Waals surface area contributed by atoms with E-state index in [1.165, 1.54) is 24.3 Å². The minimum absolute atomic E-state index is 0.00540. The molecule has 1 aromatic rings. The molecule has 1 amide bonds. The second kappa shape index (κ2) is 4.95. The quantitative estimate of drug-likeness (QED) is 0.924. The zero-order valence-corrected chi connectivity index (χ0v) is 10.0. The maximum atomic E-state index is 12.4. The van der Waals surface area contributed by atoms with Crippen LogP contribution in [0.4, 0.5) is 13.2 Å². The average molecular weight is 286 g/mol. The van der Waals surface area contributed by atoms with Crippen LogP contribution in [0.15, 0.2) is 29.4 Å². The molecule has 0 spiro atoms. The summed E-state index contributed by atoms with van der Waals surface area (Å²) in [5.74, 6) is -1.92. The number of hydrogen-bond donors (Lipinski definition) is 1. The van der Waals surface area contributed by atoms with Gasteiger partial charge in [-0.25, -0.2) is 9.80 Å². The summed E-state index contributed by atoms with van der Waals surface area (Å²) in [6.45, 7) is -0.195. The molecule has 1 aliphatic heterocycles. The van der Waals surface area contributed by atoms with Crippen molar-refractivity contribution in [1.82, 2.24) is 5.01 Å². The van der Waals surface area contributed by atoms with Crippen LogP contribution in [0.5, 0.6) is 0 Å². The second-order valence-electron chi connectivity index (χ2n) is 4.18. The normalized spacial score (nSPS) is 15.4. The summed E-state index contributed by atoms with van der Waals surface area (Å²) in [5.41, 5.74) is -0.753. The number of carboxylic acid groups (broad SMARTS) is 1. The predicted molar refractivity (Wildman–Crippen MR) is 62.1 cm³/mol. The Morgan fingerprint density at radius 1 is 1.40 bits per heavy atom. The molecule has 0 aliphatic carbocycles. The number of amides is 1. The monoisotopic (exact) mass is 286 g/mol. The number of hydrogen-bond acceptors (Lipinski definition) is 3. The largest absolute Gasteiger partial charge is 0.478 e. The van der Waals surface area contributed by atoms with Gasteiger partial charge in [-0.1, -0.05) is 12.1 Å². The molecule has 0 saturated heterocycles. The SMILES string of the molecule is O=C(O)c1cccc(CN2N=C(C(F)(F)F)CC2=O)c1. The van der Waals surface area contributed by atoms with E-state index in [1.807, 2.05) is 0 Å². The minimum atomic E-state index is -4.63. The third kappa shape index (κ3) is 2.95. The number of carbonyl (C=O) groups is 2. The first-order valence-electron chi connectivity index (χ1n) is 5.54. The third-order valence-electron chi connectivity index (χ3n) is 2.68. The number of alkyl halides is 3. The zero-order chi connectivity index (χ0) is 14.9. The van der Waals surface area contributed by atoms with Crippen LogP contribution in [0, 0.1) is 0 Å². The van der Waals surface area contributed by atoms with Crippen molar-refractivity contribution >= 4 is 17.6 Å². The molecule has 1 aliphatic rings. The summed E-state index contributed by atoms with van der Waals surface area (Å²) in [6.07, 6.45) is -5.42. The van der Waals surface area contributed by atoms with Crippen molar-refractivity contribution in [2.75, 3.05) is 0 Å². The van der Waals surface area contributed by atoms with Gasteiger partial charge in [-0.15, -0.1) is 0 Å². The summed E-state index contributed by atoms with van der Waals surface area (Å²) < 4.78 is 37.3. The molecule has 0 aromatic heterocycles. The minimum Gasteiger partial charge on any atom is -0.478 e. The topological polar surface area (TPSA) is 70.0 Å². The number of carbonyl (C=O) groups excluding carboxylic acids is 1. The molecular formula is C12H9F3N2O3. The lowest BCUT2D eigenvalue weighted by Crippen LogP contribution is -2.22. The van der Waals surface area contributed by atoms with Gasteiger partial charge in [0.15, 0.2) is 5.71 Å². The van der Waals surface area contributed by atoms with E-state index in [-0.39, 0.29) is 12.1 Å². The summed E-state index contributed by atoms with van der Waals surface area (Å²) in [6, 6.07) is 5.60. The molecule has 0 radical (unpaired) electrons. The fraction of sp³-hybridized carbons (Fsp3) is 0.250. The highest BCUT2D eigenvalue weighted by Crippen LogP contribution is 2.25. The summed E-state index contributed by atoms with van der Waals surface area (Å²) in [4.78, 5) is 22.2. The van der Waals surface area contributed by atoms with Crippen molar-refractivity contribution in [2.45, 2.75) is 19.1 Å². The Morgan fingerprint density at radius 3 is 2.65 bits per heavy atom. The lowest BCUT2D eigenvalue weighted by Gasteiger charge is -2.11. The van der Waals surface area contributed by atoms with E-state index >= 15 is 0 Å². The van der Waals surface area contributed by atoms with Crippen LogP contribution in [0.2, 0.25) is 0 Å². The average Bonchev–Trinajstić information content (AvgIpc) is 2.71. The first kappa shape index (κ1) is 14.0. The van der Waals surface area contributed by atoms with E-state index in [0.29, 0.717) is 10.6 Å². The number of nitrogens with zero attached hydrogens (tertiary/aromatic N) is 2. The van der Waals surface area contributed by atoms with Gasteiger partial charge < -0.3 is 5.11 Å². The highest BCUT2D eigenvalue weighted by atomic mass is 19.4. The van der Waals surface area contributed by atoms with E-state index in [1.54, 1.807) is 0 Å². The van der Waals surface area contributed by atoms with Crippen LogP contribution in [-0.2, 0) is 11.3 Å². The van der Waals surface area contributed by atoms with Crippen LogP contribution in [-0.4, -0.2) is 33.9 Å². The number of rotatable bonds is 3. The van der Waals surface area contributed by atoms with Gasteiger partial charge in [0.1, 0.15) is 0 Å². The summed E-state index contributed by atoms with van der Waals surface area (Å²) in [5, 5.41) is 12.8. The van der Waals surface area contributed by atoms with Crippen LogP contribution in [0.1, 0.15) is 22.3 Å². The van der Waals surface area contributed by atoms with Crippen LogP contribution in [0.25, 0.3) is 0 Å². The van der Waals surface area contributed by atoms with Crippen LogP contribution < -0.4 is 0 Å². The molecule has 1 heterocycles. The van der Waals surface area contributed by atoms with E-state index in [0.717, 1.165) is 0 Å².